The molecule has 2 aromatic rings. The van der Waals surface area contributed by atoms with Crippen molar-refractivity contribution in [1.29, 1.82) is 0 Å². The summed E-state index contributed by atoms with van der Waals surface area (Å²) >= 11 is 6.47. The third-order valence-electron chi connectivity index (χ3n) is 12.0. The van der Waals surface area contributed by atoms with E-state index < -0.39 is 21.2 Å². The number of rotatable bonds is 5. The van der Waals surface area contributed by atoms with E-state index in [0.29, 0.717) is 37.0 Å². The van der Waals surface area contributed by atoms with Crippen molar-refractivity contribution in [2.45, 2.75) is 75.6 Å². The first-order valence-corrected chi connectivity index (χ1v) is 20.5. The van der Waals surface area contributed by atoms with Crippen LogP contribution in [-0.4, -0.2) is 89.7 Å². The van der Waals surface area contributed by atoms with Gasteiger partial charge in [-0.2, -0.15) is 0 Å². The molecule has 0 aromatic heterocycles. The van der Waals surface area contributed by atoms with Crippen molar-refractivity contribution in [3.8, 4) is 5.75 Å². The maximum atomic E-state index is 13.5. The fourth-order valence-electron chi connectivity index (χ4n) is 8.65. The van der Waals surface area contributed by atoms with Gasteiger partial charge in [-0.25, -0.2) is 13.1 Å². The molecule has 2 aromatic carbocycles. The van der Waals surface area contributed by atoms with Crippen LogP contribution in [-0.2, 0) is 31.3 Å². The number of anilines is 1. The zero-order valence-corrected chi connectivity index (χ0v) is 31.0. The van der Waals surface area contributed by atoms with E-state index in [1.165, 1.54) is 11.1 Å². The van der Waals surface area contributed by atoms with E-state index in [-0.39, 0.29) is 17.4 Å². The van der Waals surface area contributed by atoms with Crippen LogP contribution in [0.5, 0.6) is 5.75 Å². The Morgan fingerprint density at radius 1 is 1.10 bits per heavy atom. The standard InChI is InChI=1S/C39H52ClN3O6S/c1-27-6-3-8-36(48-19-5-16-42-17-20-47-21-18-42)33-12-9-31(33)24-43-25-39(15-4-7-29-22-32(40)11-13-34(29)39)26-49-37-14-10-30(23-35(37)43)38(44)41-50(45,46)28(27)2/h3,8,10-11,13-14,22-23,27-28,31,33,36H,4-7,9,12,15-21,24-26H2,1-2H3,(H,41,44)/b8-3-/t27-,28+,31-,33+,36-,39-/m0/s1. The van der Waals surface area contributed by atoms with Gasteiger partial charge >= 0.3 is 0 Å². The highest BCUT2D eigenvalue weighted by Crippen LogP contribution is 2.47. The van der Waals surface area contributed by atoms with Crippen LogP contribution < -0.4 is 14.4 Å². The highest BCUT2D eigenvalue weighted by molar-refractivity contribution is 7.90. The quantitative estimate of drug-likeness (QED) is 0.297. The van der Waals surface area contributed by atoms with Crippen LogP contribution in [0, 0.1) is 17.8 Å². The Bertz CT molecular complexity index is 1680. The largest absolute Gasteiger partial charge is 0.490 e. The molecule has 9 nitrogen and oxygen atoms in total. The zero-order chi connectivity index (χ0) is 34.9. The molecule has 1 saturated carbocycles. The maximum Gasteiger partial charge on any atom is 0.264 e. The number of fused-ring (bicyclic) bond motifs is 4. The lowest BCUT2D eigenvalue weighted by atomic mass is 9.68. The highest BCUT2D eigenvalue weighted by Gasteiger charge is 2.44. The number of halogens is 1. The smallest absolute Gasteiger partial charge is 0.264 e. The van der Waals surface area contributed by atoms with Crippen molar-refractivity contribution in [3.63, 3.8) is 0 Å². The van der Waals surface area contributed by atoms with Gasteiger partial charge in [-0.3, -0.25) is 9.69 Å². The van der Waals surface area contributed by atoms with Crippen LogP contribution in [0.2, 0.25) is 5.02 Å². The molecule has 0 unspecified atom stereocenters. The van der Waals surface area contributed by atoms with E-state index in [0.717, 1.165) is 101 Å². The molecule has 1 amide bonds. The average molecular weight is 726 g/mol. The van der Waals surface area contributed by atoms with Crippen LogP contribution in [0.1, 0.15) is 73.9 Å². The zero-order valence-electron chi connectivity index (χ0n) is 29.4. The molecule has 11 heteroatoms. The second-order valence-electron chi connectivity index (χ2n) is 15.3. The van der Waals surface area contributed by atoms with Crippen LogP contribution in [0.4, 0.5) is 5.69 Å². The van der Waals surface area contributed by atoms with Gasteiger partial charge in [0.2, 0.25) is 10.0 Å². The Morgan fingerprint density at radius 2 is 1.94 bits per heavy atom. The molecule has 272 valence electrons. The van der Waals surface area contributed by atoms with Gasteiger partial charge in [0, 0.05) is 55.3 Å². The van der Waals surface area contributed by atoms with Crippen molar-refractivity contribution in [2.24, 2.45) is 17.8 Å². The Balaban J connectivity index is 1.21. The van der Waals surface area contributed by atoms with E-state index in [4.69, 9.17) is 25.8 Å². The van der Waals surface area contributed by atoms with Crippen molar-refractivity contribution < 1.29 is 27.4 Å². The van der Waals surface area contributed by atoms with Gasteiger partial charge < -0.3 is 19.1 Å². The topological polar surface area (TPSA) is 97.4 Å². The van der Waals surface area contributed by atoms with Crippen LogP contribution in [0.25, 0.3) is 0 Å². The van der Waals surface area contributed by atoms with Gasteiger partial charge in [-0.15, -0.1) is 0 Å². The summed E-state index contributed by atoms with van der Waals surface area (Å²) in [6.07, 6.45) is 11.0. The summed E-state index contributed by atoms with van der Waals surface area (Å²) in [5.41, 5.74) is 3.47. The number of aryl methyl sites for hydroxylation is 1. The normalized spacial score (nSPS) is 32.1. The van der Waals surface area contributed by atoms with Gasteiger partial charge in [-0.1, -0.05) is 36.7 Å². The summed E-state index contributed by atoms with van der Waals surface area (Å²) in [6.45, 7) is 10.8. The molecule has 1 spiro atoms. The van der Waals surface area contributed by atoms with Crippen LogP contribution in [0.15, 0.2) is 48.6 Å². The number of hydrogen-bond donors (Lipinski definition) is 1. The molecule has 1 N–H and O–H groups in total. The molecule has 5 aliphatic rings. The summed E-state index contributed by atoms with van der Waals surface area (Å²) in [6, 6.07) is 11.6. The van der Waals surface area contributed by atoms with E-state index in [9.17, 15) is 13.2 Å². The lowest BCUT2D eigenvalue weighted by Gasteiger charge is -2.46. The second-order valence-corrected chi connectivity index (χ2v) is 17.7. The number of carbonyl (C=O) groups is 1. The first-order valence-electron chi connectivity index (χ1n) is 18.6. The first kappa shape index (κ1) is 35.8. The Labute approximate surface area is 302 Å². The molecular formula is C39H52ClN3O6S. The van der Waals surface area contributed by atoms with Gasteiger partial charge in [0.05, 0.1) is 36.9 Å². The third-order valence-corrected chi connectivity index (χ3v) is 14.2. The number of hydrogen-bond acceptors (Lipinski definition) is 8. The Kier molecular flexibility index (Phi) is 10.8. The number of ether oxygens (including phenoxy) is 3. The molecule has 3 aliphatic heterocycles. The van der Waals surface area contributed by atoms with Crippen LogP contribution in [0.3, 0.4) is 0 Å². The maximum absolute atomic E-state index is 13.5. The summed E-state index contributed by atoms with van der Waals surface area (Å²) < 4.78 is 48.1. The fourth-order valence-corrected chi connectivity index (χ4v) is 10.1. The van der Waals surface area contributed by atoms with E-state index in [1.54, 1.807) is 13.0 Å². The molecule has 3 heterocycles. The monoisotopic (exact) mass is 725 g/mol. The molecule has 2 bridgehead atoms. The van der Waals surface area contributed by atoms with Gasteiger partial charge in [0.1, 0.15) is 5.75 Å². The van der Waals surface area contributed by atoms with Gasteiger partial charge in [0.25, 0.3) is 5.91 Å². The number of benzene rings is 2. The SMILES string of the molecule is C[C@@H]1[C@@H](C)C/C=C\[C@H](OCCCN2CCOCC2)[C@@H]2CC[C@H]2CN2C[C@@]3(CCCc4cc(Cl)ccc43)COc3ccc(cc32)C(=O)NS1(=O)=O. The molecule has 2 aliphatic carbocycles. The number of morpholine rings is 1. The first-order chi connectivity index (χ1) is 24.1. The summed E-state index contributed by atoms with van der Waals surface area (Å²) in [5.74, 6) is 0.646. The van der Waals surface area contributed by atoms with Crippen molar-refractivity contribution in [1.82, 2.24) is 9.62 Å². The summed E-state index contributed by atoms with van der Waals surface area (Å²) in [4.78, 5) is 18.4. The fraction of sp³-hybridized carbons (Fsp3) is 0.615. The Hall–Kier alpha value is -2.63. The summed E-state index contributed by atoms with van der Waals surface area (Å²) in [5, 5.41) is -0.00644. The minimum Gasteiger partial charge on any atom is -0.490 e. The Morgan fingerprint density at radius 3 is 2.74 bits per heavy atom. The predicted octanol–water partition coefficient (Wildman–Crippen LogP) is 5.99. The molecule has 0 radical (unpaired) electrons. The van der Waals surface area contributed by atoms with Crippen molar-refractivity contribution in [2.75, 3.05) is 64.1 Å². The molecule has 50 heavy (non-hydrogen) atoms. The molecule has 6 atom stereocenters. The lowest BCUT2D eigenvalue weighted by molar-refractivity contribution is -0.0203. The lowest BCUT2D eigenvalue weighted by Crippen LogP contribution is -2.49. The number of carbonyl (C=O) groups excluding carboxylic acids is 1. The predicted molar refractivity (Wildman–Crippen MR) is 197 cm³/mol. The number of sulfonamides is 1. The van der Waals surface area contributed by atoms with Crippen LogP contribution >= 0.6 is 11.6 Å². The van der Waals surface area contributed by atoms with E-state index in [2.05, 4.69) is 38.8 Å². The molecular weight excluding hydrogens is 674 g/mol. The van der Waals surface area contributed by atoms with Gasteiger partial charge in [0.15, 0.2) is 0 Å². The number of amides is 1. The molecule has 1 saturated heterocycles. The second kappa shape index (κ2) is 15.2. The van der Waals surface area contributed by atoms with E-state index in [1.807, 2.05) is 25.1 Å². The number of nitrogens with one attached hydrogen (secondary N) is 1. The average Bonchev–Trinajstić information content (AvgIpc) is 3.24. The van der Waals surface area contributed by atoms with Crippen molar-refractivity contribution >= 4 is 33.2 Å². The highest BCUT2D eigenvalue weighted by atomic mass is 35.5. The molecule has 2 fully saturated rings. The minimum absolute atomic E-state index is 0.0503. The minimum atomic E-state index is -3.92. The third kappa shape index (κ3) is 7.61. The van der Waals surface area contributed by atoms with E-state index >= 15 is 0 Å². The molecule has 7 rings (SSSR count). The number of nitrogens with zero attached hydrogens (tertiary/aromatic N) is 2. The number of allylic oxidation sites excluding steroid dienone is 1. The summed E-state index contributed by atoms with van der Waals surface area (Å²) in [7, 11) is -3.92. The van der Waals surface area contributed by atoms with Crippen molar-refractivity contribution in [3.05, 3.63) is 70.3 Å². The van der Waals surface area contributed by atoms with Gasteiger partial charge in [-0.05, 0) is 111 Å².